The van der Waals surface area contributed by atoms with Gasteiger partial charge >= 0.3 is 0 Å². The number of hydrogen-bond donors (Lipinski definition) is 1. The largest absolute Gasteiger partial charge is 0.483 e. The normalized spacial score (nSPS) is 22.1. The Morgan fingerprint density at radius 2 is 2.10 bits per heavy atom. The molecule has 1 aromatic carbocycles. The fraction of sp³-hybridized carbons (Fsp3) is 0.500. The van der Waals surface area contributed by atoms with E-state index < -0.39 is 0 Å². The number of carbonyl (C=O) groups is 2. The van der Waals surface area contributed by atoms with Crippen LogP contribution in [-0.4, -0.2) is 24.8 Å². The number of ether oxygens (including phenoxy) is 1. The molecular weight excluding hydrogens is 254 g/mol. The molecule has 1 saturated carbocycles. The van der Waals surface area contributed by atoms with Crippen LogP contribution in [-0.2, 0) is 4.79 Å². The molecule has 1 aliphatic carbocycles. The topological polar surface area (TPSA) is 55.4 Å². The van der Waals surface area contributed by atoms with Crippen molar-refractivity contribution in [3.05, 3.63) is 29.8 Å². The Balaban J connectivity index is 1.84. The van der Waals surface area contributed by atoms with Crippen molar-refractivity contribution in [2.75, 3.05) is 6.61 Å². The molecule has 0 aliphatic heterocycles. The van der Waals surface area contributed by atoms with E-state index in [1.165, 1.54) is 19.3 Å². The first-order valence-electron chi connectivity index (χ1n) is 7.17. The summed E-state index contributed by atoms with van der Waals surface area (Å²) in [6.45, 7) is 2.13. The predicted octanol–water partition coefficient (Wildman–Crippen LogP) is 2.57. The van der Waals surface area contributed by atoms with Crippen molar-refractivity contribution in [2.24, 2.45) is 5.92 Å². The van der Waals surface area contributed by atoms with Gasteiger partial charge in [0.25, 0.3) is 5.91 Å². The van der Waals surface area contributed by atoms with E-state index in [9.17, 15) is 9.59 Å². The van der Waals surface area contributed by atoms with Crippen LogP contribution in [0.4, 0.5) is 0 Å². The molecule has 0 aromatic heterocycles. The Morgan fingerprint density at radius 3 is 2.85 bits per heavy atom. The number of para-hydroxylation sites is 1. The third-order valence-corrected chi connectivity index (χ3v) is 3.86. The maximum absolute atomic E-state index is 11.9. The number of nitrogens with one attached hydrogen (secondary N) is 1. The van der Waals surface area contributed by atoms with Crippen molar-refractivity contribution < 1.29 is 14.3 Å². The number of carbonyl (C=O) groups excluding carboxylic acids is 2. The van der Waals surface area contributed by atoms with Gasteiger partial charge in [-0.2, -0.15) is 0 Å². The number of benzene rings is 1. The van der Waals surface area contributed by atoms with Crippen molar-refractivity contribution in [1.29, 1.82) is 0 Å². The molecule has 4 heteroatoms. The number of aldehydes is 1. The quantitative estimate of drug-likeness (QED) is 0.840. The van der Waals surface area contributed by atoms with Crippen LogP contribution in [0.15, 0.2) is 24.3 Å². The minimum absolute atomic E-state index is 0.0475. The molecular formula is C16H21NO3. The molecule has 0 saturated heterocycles. The third kappa shape index (κ3) is 3.83. The number of amides is 1. The smallest absolute Gasteiger partial charge is 0.258 e. The Morgan fingerprint density at radius 1 is 1.35 bits per heavy atom. The summed E-state index contributed by atoms with van der Waals surface area (Å²) in [5.41, 5.74) is 0.464. The average molecular weight is 275 g/mol. The van der Waals surface area contributed by atoms with Crippen LogP contribution in [0.2, 0.25) is 0 Å². The van der Waals surface area contributed by atoms with Crippen LogP contribution in [0, 0.1) is 5.92 Å². The Bertz CT molecular complexity index is 473. The maximum atomic E-state index is 11.9. The summed E-state index contributed by atoms with van der Waals surface area (Å²) in [6, 6.07) is 7.16. The van der Waals surface area contributed by atoms with E-state index in [-0.39, 0.29) is 18.6 Å². The van der Waals surface area contributed by atoms with Gasteiger partial charge in [-0.15, -0.1) is 0 Å². The highest BCUT2D eigenvalue weighted by atomic mass is 16.5. The van der Waals surface area contributed by atoms with E-state index in [1.54, 1.807) is 24.3 Å². The molecule has 20 heavy (non-hydrogen) atoms. The lowest BCUT2D eigenvalue weighted by molar-refractivity contribution is -0.124. The summed E-state index contributed by atoms with van der Waals surface area (Å²) >= 11 is 0. The summed E-state index contributed by atoms with van der Waals surface area (Å²) in [7, 11) is 0. The van der Waals surface area contributed by atoms with Crippen molar-refractivity contribution in [2.45, 2.75) is 38.6 Å². The molecule has 1 fully saturated rings. The maximum Gasteiger partial charge on any atom is 0.258 e. The first kappa shape index (κ1) is 14.6. The Labute approximate surface area is 119 Å². The molecule has 0 bridgehead atoms. The lowest BCUT2D eigenvalue weighted by Gasteiger charge is -2.29. The van der Waals surface area contributed by atoms with Gasteiger partial charge in [0.05, 0.1) is 5.56 Å². The van der Waals surface area contributed by atoms with E-state index >= 15 is 0 Å². The third-order valence-electron chi connectivity index (χ3n) is 3.86. The Kier molecular flexibility index (Phi) is 5.16. The molecule has 2 rings (SSSR count). The zero-order chi connectivity index (χ0) is 14.4. The second-order valence-electron chi connectivity index (χ2n) is 5.38. The highest BCUT2D eigenvalue weighted by Gasteiger charge is 2.22. The van der Waals surface area contributed by atoms with Crippen LogP contribution in [0.1, 0.15) is 43.0 Å². The summed E-state index contributed by atoms with van der Waals surface area (Å²) < 4.78 is 5.42. The zero-order valence-electron chi connectivity index (χ0n) is 11.8. The van der Waals surface area contributed by atoms with Gasteiger partial charge in [-0.25, -0.2) is 0 Å². The van der Waals surface area contributed by atoms with Crippen LogP contribution in [0.5, 0.6) is 5.75 Å². The standard InChI is InChI=1S/C16H21NO3/c1-12-6-2-4-8-14(12)17-16(19)11-20-15-9-5-3-7-13(15)10-18/h3,5,7,9-10,12,14H,2,4,6,8,11H2,1H3,(H,17,19)/t12-,14-/m0/s1. The number of rotatable bonds is 5. The van der Waals surface area contributed by atoms with Gasteiger partial charge in [-0.1, -0.05) is 31.9 Å². The molecule has 1 amide bonds. The van der Waals surface area contributed by atoms with E-state index in [0.717, 1.165) is 12.7 Å². The van der Waals surface area contributed by atoms with Gasteiger partial charge < -0.3 is 10.1 Å². The van der Waals surface area contributed by atoms with Crippen molar-refractivity contribution >= 4 is 12.2 Å². The lowest BCUT2D eigenvalue weighted by Crippen LogP contribution is -2.43. The molecule has 0 spiro atoms. The monoisotopic (exact) mass is 275 g/mol. The van der Waals surface area contributed by atoms with Crippen LogP contribution >= 0.6 is 0 Å². The highest BCUT2D eigenvalue weighted by molar-refractivity contribution is 5.80. The summed E-state index contributed by atoms with van der Waals surface area (Å²) in [5, 5.41) is 3.02. The fourth-order valence-electron chi connectivity index (χ4n) is 2.63. The highest BCUT2D eigenvalue weighted by Crippen LogP contribution is 2.23. The van der Waals surface area contributed by atoms with Crippen molar-refractivity contribution in [3.63, 3.8) is 0 Å². The average Bonchev–Trinajstić information content (AvgIpc) is 2.48. The molecule has 1 aromatic rings. The molecule has 0 unspecified atom stereocenters. The Hall–Kier alpha value is -1.84. The van der Waals surface area contributed by atoms with Gasteiger partial charge in [-0.3, -0.25) is 9.59 Å². The summed E-state index contributed by atoms with van der Waals surface area (Å²) in [4.78, 5) is 22.8. The van der Waals surface area contributed by atoms with Gasteiger partial charge in [0.15, 0.2) is 12.9 Å². The van der Waals surface area contributed by atoms with Gasteiger partial charge in [0.1, 0.15) is 5.75 Å². The van der Waals surface area contributed by atoms with Crippen LogP contribution in [0.3, 0.4) is 0 Å². The molecule has 0 heterocycles. The van der Waals surface area contributed by atoms with Crippen LogP contribution in [0.25, 0.3) is 0 Å². The fourth-order valence-corrected chi connectivity index (χ4v) is 2.63. The van der Waals surface area contributed by atoms with E-state index in [0.29, 0.717) is 17.2 Å². The van der Waals surface area contributed by atoms with Crippen LogP contribution < -0.4 is 10.1 Å². The van der Waals surface area contributed by atoms with Gasteiger partial charge in [0, 0.05) is 6.04 Å². The van der Waals surface area contributed by atoms with Crippen molar-refractivity contribution in [1.82, 2.24) is 5.32 Å². The first-order valence-corrected chi connectivity index (χ1v) is 7.17. The zero-order valence-corrected chi connectivity index (χ0v) is 11.8. The predicted molar refractivity (Wildman–Crippen MR) is 76.9 cm³/mol. The van der Waals surface area contributed by atoms with Gasteiger partial charge in [0.2, 0.25) is 0 Å². The molecule has 1 aliphatic rings. The SMILES string of the molecule is C[C@H]1CCCC[C@@H]1NC(=O)COc1ccccc1C=O. The molecule has 0 radical (unpaired) electrons. The van der Waals surface area contributed by atoms with Gasteiger partial charge in [-0.05, 0) is 30.9 Å². The second kappa shape index (κ2) is 7.08. The summed E-state index contributed by atoms with van der Waals surface area (Å²) in [6.07, 6.45) is 5.36. The van der Waals surface area contributed by atoms with E-state index in [1.807, 2.05) is 0 Å². The molecule has 4 nitrogen and oxygen atoms in total. The minimum Gasteiger partial charge on any atom is -0.483 e. The molecule has 1 N–H and O–H groups in total. The molecule has 2 atom stereocenters. The van der Waals surface area contributed by atoms with E-state index in [2.05, 4.69) is 12.2 Å². The van der Waals surface area contributed by atoms with E-state index in [4.69, 9.17) is 4.74 Å². The minimum atomic E-state index is -0.121. The van der Waals surface area contributed by atoms with Crippen molar-refractivity contribution in [3.8, 4) is 5.75 Å². The second-order valence-corrected chi connectivity index (χ2v) is 5.38. The number of hydrogen-bond acceptors (Lipinski definition) is 3. The summed E-state index contributed by atoms with van der Waals surface area (Å²) in [5.74, 6) is 0.855. The molecule has 108 valence electrons. The lowest BCUT2D eigenvalue weighted by atomic mass is 9.86. The first-order chi connectivity index (χ1) is 9.70.